The van der Waals surface area contributed by atoms with Crippen LogP contribution in [0.4, 0.5) is 11.5 Å². The first-order valence-electron chi connectivity index (χ1n) is 9.98. The second-order valence-corrected chi connectivity index (χ2v) is 8.64. The molecule has 0 saturated carbocycles. The van der Waals surface area contributed by atoms with Crippen LogP contribution in [0.25, 0.3) is 11.1 Å². The molecule has 168 valence electrons. The molecule has 2 aromatic carbocycles. The van der Waals surface area contributed by atoms with Gasteiger partial charge in [-0.3, -0.25) is 4.79 Å². The zero-order valence-corrected chi connectivity index (χ0v) is 19.9. The highest BCUT2D eigenvalue weighted by molar-refractivity contribution is 8.00. The first-order valence-corrected chi connectivity index (χ1v) is 11.2. The summed E-state index contributed by atoms with van der Waals surface area (Å²) in [6.07, 6.45) is 0.671. The number of benzene rings is 2. The van der Waals surface area contributed by atoms with Crippen molar-refractivity contribution in [2.45, 2.75) is 30.7 Å². The van der Waals surface area contributed by atoms with Gasteiger partial charge in [-0.15, -0.1) is 0 Å². The number of halogens is 1. The molecule has 7 nitrogen and oxygen atoms in total. The smallest absolute Gasteiger partial charge is 0.237 e. The number of hydrogen-bond donors (Lipinski definition) is 2. The molecule has 0 spiro atoms. The number of aryl methyl sites for hydroxylation is 1. The van der Waals surface area contributed by atoms with Crippen molar-refractivity contribution in [3.8, 4) is 22.6 Å². The minimum Gasteiger partial charge on any atom is -0.493 e. The van der Waals surface area contributed by atoms with E-state index in [1.54, 1.807) is 51.5 Å². The fourth-order valence-electron chi connectivity index (χ4n) is 3.11. The Morgan fingerprint density at radius 2 is 1.81 bits per heavy atom. The lowest BCUT2D eigenvalue weighted by atomic mass is 10.0. The predicted octanol–water partition coefficient (Wildman–Crippen LogP) is 5.08. The summed E-state index contributed by atoms with van der Waals surface area (Å²) in [6, 6.07) is 12.6. The van der Waals surface area contributed by atoms with Gasteiger partial charge in [-0.25, -0.2) is 9.97 Å². The maximum absolute atomic E-state index is 12.7. The van der Waals surface area contributed by atoms with Gasteiger partial charge in [-0.1, -0.05) is 42.4 Å². The second kappa shape index (κ2) is 10.6. The van der Waals surface area contributed by atoms with Crippen LogP contribution in [0.5, 0.6) is 11.5 Å². The van der Waals surface area contributed by atoms with Crippen molar-refractivity contribution in [3.05, 3.63) is 53.2 Å². The fourth-order valence-corrected chi connectivity index (χ4v) is 4.03. The molecular formula is C23H25ClN4O3S. The maximum Gasteiger partial charge on any atom is 0.237 e. The number of rotatable bonds is 8. The van der Waals surface area contributed by atoms with E-state index in [-0.39, 0.29) is 5.91 Å². The third kappa shape index (κ3) is 5.44. The van der Waals surface area contributed by atoms with E-state index >= 15 is 0 Å². The molecule has 0 fully saturated rings. The summed E-state index contributed by atoms with van der Waals surface area (Å²) >= 11 is 7.25. The fraction of sp³-hybridized carbons (Fsp3) is 0.261. The monoisotopic (exact) mass is 472 g/mol. The van der Waals surface area contributed by atoms with E-state index in [0.717, 1.165) is 16.8 Å². The third-order valence-corrected chi connectivity index (χ3v) is 5.97. The van der Waals surface area contributed by atoms with E-state index in [1.165, 1.54) is 11.8 Å². The Bertz CT molecular complexity index is 1110. The van der Waals surface area contributed by atoms with Crippen LogP contribution in [-0.2, 0) is 11.2 Å². The number of nitrogen functional groups attached to an aromatic ring is 1. The quantitative estimate of drug-likeness (QED) is 0.348. The minimum absolute atomic E-state index is 0.191. The van der Waals surface area contributed by atoms with Gasteiger partial charge in [0.1, 0.15) is 5.82 Å². The van der Waals surface area contributed by atoms with E-state index < -0.39 is 5.25 Å². The Labute approximate surface area is 196 Å². The van der Waals surface area contributed by atoms with Crippen molar-refractivity contribution in [1.29, 1.82) is 0 Å². The highest BCUT2D eigenvalue weighted by atomic mass is 35.5. The Balaban J connectivity index is 1.77. The van der Waals surface area contributed by atoms with Crippen molar-refractivity contribution in [2.24, 2.45) is 0 Å². The van der Waals surface area contributed by atoms with Crippen LogP contribution < -0.4 is 20.5 Å². The lowest BCUT2D eigenvalue weighted by Gasteiger charge is -2.15. The van der Waals surface area contributed by atoms with Gasteiger partial charge >= 0.3 is 0 Å². The molecule has 1 unspecified atom stereocenters. The molecule has 0 aliphatic rings. The van der Waals surface area contributed by atoms with Crippen molar-refractivity contribution < 1.29 is 14.3 Å². The molecule has 0 aliphatic heterocycles. The molecule has 0 bridgehead atoms. The summed E-state index contributed by atoms with van der Waals surface area (Å²) in [5.74, 6) is 1.30. The van der Waals surface area contributed by atoms with E-state index in [2.05, 4.69) is 15.3 Å². The Morgan fingerprint density at radius 3 is 2.44 bits per heavy atom. The summed E-state index contributed by atoms with van der Waals surface area (Å²) in [7, 11) is 3.10. The molecule has 9 heteroatoms. The molecule has 1 aromatic heterocycles. The van der Waals surface area contributed by atoms with Crippen LogP contribution in [0, 0.1) is 0 Å². The molecule has 3 N–H and O–H groups in total. The van der Waals surface area contributed by atoms with Crippen LogP contribution in [0.2, 0.25) is 5.02 Å². The second-order valence-electron chi connectivity index (χ2n) is 6.89. The summed E-state index contributed by atoms with van der Waals surface area (Å²) < 4.78 is 10.5. The first kappa shape index (κ1) is 23.7. The van der Waals surface area contributed by atoms with E-state index in [9.17, 15) is 4.79 Å². The third-order valence-electron chi connectivity index (χ3n) is 4.76. The van der Waals surface area contributed by atoms with E-state index in [4.69, 9.17) is 26.8 Å². The van der Waals surface area contributed by atoms with Gasteiger partial charge < -0.3 is 20.5 Å². The lowest BCUT2D eigenvalue weighted by Crippen LogP contribution is -2.23. The lowest BCUT2D eigenvalue weighted by molar-refractivity contribution is -0.115. The number of carbonyl (C=O) groups is 1. The predicted molar refractivity (Wildman–Crippen MR) is 130 cm³/mol. The van der Waals surface area contributed by atoms with Gasteiger partial charge in [-0.2, -0.15) is 0 Å². The van der Waals surface area contributed by atoms with Gasteiger partial charge in [0.05, 0.1) is 25.2 Å². The van der Waals surface area contributed by atoms with Crippen molar-refractivity contribution in [2.75, 3.05) is 25.3 Å². The maximum atomic E-state index is 12.7. The molecule has 1 amide bonds. The molecule has 0 aliphatic carbocycles. The highest BCUT2D eigenvalue weighted by Gasteiger charge is 2.20. The number of nitrogens with one attached hydrogen (secondary N) is 1. The number of hydrogen-bond acceptors (Lipinski definition) is 7. The topological polar surface area (TPSA) is 99.4 Å². The van der Waals surface area contributed by atoms with Crippen LogP contribution >= 0.6 is 23.4 Å². The zero-order valence-electron chi connectivity index (χ0n) is 18.3. The van der Waals surface area contributed by atoms with E-state index in [1.807, 2.05) is 19.1 Å². The highest BCUT2D eigenvalue weighted by Crippen LogP contribution is 2.33. The summed E-state index contributed by atoms with van der Waals surface area (Å²) in [6.45, 7) is 3.79. The Kier molecular flexibility index (Phi) is 7.82. The standard InChI is InChI=1S/C23H25ClN4O3S/c1-5-17-20(14-6-8-15(24)9-7-14)21(25)28-23(27-17)32-13(2)22(29)26-16-10-11-18(30-3)19(12-16)31-4/h6-13H,5H2,1-4H3,(H,26,29)(H2,25,27,28). The SMILES string of the molecule is CCc1nc(SC(C)C(=O)Nc2ccc(OC)c(OC)c2)nc(N)c1-c1ccc(Cl)cc1. The normalized spacial score (nSPS) is 11.7. The average Bonchev–Trinajstić information content (AvgIpc) is 2.79. The molecule has 0 radical (unpaired) electrons. The zero-order chi connectivity index (χ0) is 23.3. The van der Waals surface area contributed by atoms with Gasteiger partial charge in [0.2, 0.25) is 5.91 Å². The molecule has 3 aromatic rings. The number of carbonyl (C=O) groups excluding carboxylic acids is 1. The number of amides is 1. The summed E-state index contributed by atoms with van der Waals surface area (Å²) in [5.41, 5.74) is 9.39. The van der Waals surface area contributed by atoms with Crippen LogP contribution in [0.15, 0.2) is 47.6 Å². The van der Waals surface area contributed by atoms with E-state index in [0.29, 0.717) is 39.6 Å². The van der Waals surface area contributed by atoms with Gasteiger partial charge in [0.25, 0.3) is 0 Å². The number of ether oxygens (including phenoxy) is 2. The molecule has 3 rings (SSSR count). The van der Waals surface area contributed by atoms with Gasteiger partial charge in [0.15, 0.2) is 16.7 Å². The molecule has 32 heavy (non-hydrogen) atoms. The Hall–Kier alpha value is -2.97. The van der Waals surface area contributed by atoms with Crippen LogP contribution in [0.1, 0.15) is 19.5 Å². The first-order chi connectivity index (χ1) is 15.4. The molecule has 1 heterocycles. The number of aromatic nitrogens is 2. The number of anilines is 2. The number of nitrogens with two attached hydrogens (primary N) is 1. The number of thioether (sulfide) groups is 1. The molecular weight excluding hydrogens is 448 g/mol. The summed E-state index contributed by atoms with van der Waals surface area (Å²) in [5, 5.41) is 3.53. The van der Waals surface area contributed by atoms with Crippen LogP contribution in [-0.4, -0.2) is 35.3 Å². The Morgan fingerprint density at radius 1 is 1.12 bits per heavy atom. The van der Waals surface area contributed by atoms with Crippen molar-refractivity contribution in [3.63, 3.8) is 0 Å². The summed E-state index contributed by atoms with van der Waals surface area (Å²) in [4.78, 5) is 21.8. The number of nitrogens with zero attached hydrogens (tertiary/aromatic N) is 2. The van der Waals surface area contributed by atoms with Crippen LogP contribution in [0.3, 0.4) is 0 Å². The largest absolute Gasteiger partial charge is 0.493 e. The minimum atomic E-state index is -0.450. The molecule has 0 saturated heterocycles. The van der Waals surface area contributed by atoms with Crippen molar-refractivity contribution >= 4 is 40.8 Å². The average molecular weight is 473 g/mol. The molecule has 1 atom stereocenters. The van der Waals surface area contributed by atoms with Gasteiger partial charge in [-0.05, 0) is 43.2 Å². The van der Waals surface area contributed by atoms with Crippen molar-refractivity contribution in [1.82, 2.24) is 9.97 Å². The van der Waals surface area contributed by atoms with Gasteiger partial charge in [0, 0.05) is 22.3 Å². The number of methoxy groups -OCH3 is 2.